The number of pyridine rings is 1. The molecular weight excluding hydrogens is 198 g/mol. The van der Waals surface area contributed by atoms with Crippen LogP contribution in [-0.4, -0.2) is 15.7 Å². The van der Waals surface area contributed by atoms with Crippen molar-refractivity contribution >= 4 is 0 Å². The summed E-state index contributed by atoms with van der Waals surface area (Å²) in [4.78, 5) is 4.01. The second kappa shape index (κ2) is 4.17. The van der Waals surface area contributed by atoms with Crippen LogP contribution in [0, 0.1) is 5.41 Å². The van der Waals surface area contributed by atoms with E-state index in [1.807, 2.05) is 12.1 Å². The molecule has 1 N–H and O–H groups in total. The van der Waals surface area contributed by atoms with Gasteiger partial charge in [0.05, 0.1) is 5.60 Å². The van der Waals surface area contributed by atoms with Crippen molar-refractivity contribution in [1.29, 1.82) is 0 Å². The quantitative estimate of drug-likeness (QED) is 0.829. The monoisotopic (exact) mass is 219 g/mol. The lowest BCUT2D eigenvalue weighted by Crippen LogP contribution is -2.40. The first kappa shape index (κ1) is 11.6. The number of hydrogen-bond acceptors (Lipinski definition) is 2. The van der Waals surface area contributed by atoms with E-state index in [-0.39, 0.29) is 5.41 Å². The molecule has 1 aliphatic rings. The Morgan fingerprint density at radius 3 is 2.56 bits per heavy atom. The van der Waals surface area contributed by atoms with Crippen molar-refractivity contribution in [2.75, 3.05) is 0 Å². The Labute approximate surface area is 97.7 Å². The van der Waals surface area contributed by atoms with Gasteiger partial charge in [0.2, 0.25) is 0 Å². The summed E-state index contributed by atoms with van der Waals surface area (Å²) in [5.74, 6) is 0. The molecule has 88 valence electrons. The van der Waals surface area contributed by atoms with Crippen molar-refractivity contribution in [3.63, 3.8) is 0 Å². The van der Waals surface area contributed by atoms with Gasteiger partial charge in [0.1, 0.15) is 0 Å². The van der Waals surface area contributed by atoms with Gasteiger partial charge in [-0.3, -0.25) is 4.98 Å². The zero-order chi connectivity index (χ0) is 11.6. The largest absolute Gasteiger partial charge is 0.390 e. The standard InChI is InChI=1S/C14H21NO/c1-13(2)6-3-7-14(16,11-13)10-12-4-8-15-9-5-12/h4-5,8-9,16H,3,6-7,10-11H2,1-2H3. The molecule has 0 spiro atoms. The van der Waals surface area contributed by atoms with E-state index in [1.165, 1.54) is 12.0 Å². The van der Waals surface area contributed by atoms with Crippen molar-refractivity contribution in [3.05, 3.63) is 30.1 Å². The first-order valence-electron chi connectivity index (χ1n) is 6.11. The summed E-state index contributed by atoms with van der Waals surface area (Å²) < 4.78 is 0. The Hall–Kier alpha value is -0.890. The van der Waals surface area contributed by atoms with Crippen LogP contribution in [0.25, 0.3) is 0 Å². The minimum atomic E-state index is -0.511. The molecule has 1 aromatic heterocycles. The van der Waals surface area contributed by atoms with Gasteiger partial charge in [0, 0.05) is 18.8 Å². The fraction of sp³-hybridized carbons (Fsp3) is 0.643. The summed E-state index contributed by atoms with van der Waals surface area (Å²) >= 11 is 0. The van der Waals surface area contributed by atoms with Crippen molar-refractivity contribution < 1.29 is 5.11 Å². The van der Waals surface area contributed by atoms with Crippen LogP contribution in [0.15, 0.2) is 24.5 Å². The van der Waals surface area contributed by atoms with Gasteiger partial charge in [-0.25, -0.2) is 0 Å². The van der Waals surface area contributed by atoms with Crippen molar-refractivity contribution in [1.82, 2.24) is 4.98 Å². The lowest BCUT2D eigenvalue weighted by Gasteiger charge is -2.41. The highest BCUT2D eigenvalue weighted by molar-refractivity contribution is 5.13. The Balaban J connectivity index is 2.08. The zero-order valence-corrected chi connectivity index (χ0v) is 10.2. The molecule has 2 rings (SSSR count). The predicted octanol–water partition coefficient (Wildman–Crippen LogP) is 2.96. The molecule has 0 saturated heterocycles. The second-order valence-electron chi connectivity index (χ2n) is 5.95. The van der Waals surface area contributed by atoms with Gasteiger partial charge in [0.15, 0.2) is 0 Å². The van der Waals surface area contributed by atoms with Gasteiger partial charge in [0.25, 0.3) is 0 Å². The SMILES string of the molecule is CC1(C)CCCC(O)(Cc2ccncc2)C1. The lowest BCUT2D eigenvalue weighted by molar-refractivity contribution is -0.0382. The fourth-order valence-electron chi connectivity index (χ4n) is 3.00. The molecule has 1 aliphatic carbocycles. The van der Waals surface area contributed by atoms with E-state index in [4.69, 9.17) is 0 Å². The molecule has 2 nitrogen and oxygen atoms in total. The number of aliphatic hydroxyl groups is 1. The number of hydrogen-bond donors (Lipinski definition) is 1. The van der Waals surface area contributed by atoms with Crippen molar-refractivity contribution in [3.8, 4) is 0 Å². The van der Waals surface area contributed by atoms with Crippen LogP contribution in [0.3, 0.4) is 0 Å². The maximum atomic E-state index is 10.6. The molecule has 1 atom stereocenters. The molecule has 0 bridgehead atoms. The van der Waals surface area contributed by atoms with Crippen LogP contribution in [0.5, 0.6) is 0 Å². The summed E-state index contributed by atoms with van der Waals surface area (Å²) in [6, 6.07) is 4.00. The van der Waals surface area contributed by atoms with Crippen LogP contribution in [0.1, 0.15) is 45.1 Å². The van der Waals surface area contributed by atoms with E-state index in [1.54, 1.807) is 12.4 Å². The van der Waals surface area contributed by atoms with Crippen LogP contribution < -0.4 is 0 Å². The molecule has 0 radical (unpaired) electrons. The zero-order valence-electron chi connectivity index (χ0n) is 10.2. The highest BCUT2D eigenvalue weighted by Crippen LogP contribution is 2.42. The molecule has 0 aromatic carbocycles. The third-order valence-corrected chi connectivity index (χ3v) is 3.59. The van der Waals surface area contributed by atoms with E-state index in [9.17, 15) is 5.11 Å². The van der Waals surface area contributed by atoms with E-state index in [2.05, 4.69) is 18.8 Å². The normalized spacial score (nSPS) is 28.9. The van der Waals surface area contributed by atoms with Gasteiger partial charge >= 0.3 is 0 Å². The van der Waals surface area contributed by atoms with E-state index in [0.717, 1.165) is 25.7 Å². The average molecular weight is 219 g/mol. The second-order valence-corrected chi connectivity index (χ2v) is 5.95. The fourth-order valence-corrected chi connectivity index (χ4v) is 3.00. The summed E-state index contributed by atoms with van der Waals surface area (Å²) in [6.45, 7) is 4.51. The minimum Gasteiger partial charge on any atom is -0.390 e. The summed E-state index contributed by atoms with van der Waals surface area (Å²) in [6.07, 6.45) is 8.56. The molecule has 1 saturated carbocycles. The van der Waals surface area contributed by atoms with Gasteiger partial charge in [-0.15, -0.1) is 0 Å². The molecular formula is C14H21NO. The smallest absolute Gasteiger partial charge is 0.0693 e. The minimum absolute atomic E-state index is 0.278. The van der Waals surface area contributed by atoms with Gasteiger partial charge in [-0.1, -0.05) is 20.3 Å². The maximum absolute atomic E-state index is 10.6. The molecule has 1 aromatic rings. The van der Waals surface area contributed by atoms with Gasteiger partial charge in [-0.2, -0.15) is 0 Å². The Morgan fingerprint density at radius 1 is 1.25 bits per heavy atom. The molecule has 0 amide bonds. The van der Waals surface area contributed by atoms with Crippen molar-refractivity contribution in [2.24, 2.45) is 5.41 Å². The third-order valence-electron chi connectivity index (χ3n) is 3.59. The number of rotatable bonds is 2. The van der Waals surface area contributed by atoms with E-state index < -0.39 is 5.60 Å². The molecule has 16 heavy (non-hydrogen) atoms. The average Bonchev–Trinajstić information content (AvgIpc) is 2.16. The Morgan fingerprint density at radius 2 is 1.94 bits per heavy atom. The van der Waals surface area contributed by atoms with E-state index >= 15 is 0 Å². The maximum Gasteiger partial charge on any atom is 0.0693 e. The molecule has 1 unspecified atom stereocenters. The Kier molecular flexibility index (Phi) is 3.02. The highest BCUT2D eigenvalue weighted by Gasteiger charge is 2.38. The predicted molar refractivity (Wildman–Crippen MR) is 65.1 cm³/mol. The first-order valence-corrected chi connectivity index (χ1v) is 6.11. The van der Waals surface area contributed by atoms with E-state index in [0.29, 0.717) is 0 Å². The van der Waals surface area contributed by atoms with Gasteiger partial charge < -0.3 is 5.11 Å². The first-order chi connectivity index (χ1) is 7.49. The van der Waals surface area contributed by atoms with Crippen LogP contribution >= 0.6 is 0 Å². The lowest BCUT2D eigenvalue weighted by atomic mass is 9.68. The summed E-state index contributed by atoms with van der Waals surface area (Å²) in [7, 11) is 0. The van der Waals surface area contributed by atoms with Crippen LogP contribution in [0.2, 0.25) is 0 Å². The molecule has 0 aliphatic heterocycles. The molecule has 1 fully saturated rings. The number of nitrogens with zero attached hydrogens (tertiary/aromatic N) is 1. The molecule has 1 heterocycles. The third kappa shape index (κ3) is 2.82. The Bertz CT molecular complexity index is 347. The van der Waals surface area contributed by atoms with Crippen molar-refractivity contribution in [2.45, 2.75) is 51.6 Å². The van der Waals surface area contributed by atoms with Crippen LogP contribution in [-0.2, 0) is 6.42 Å². The summed E-state index contributed by atoms with van der Waals surface area (Å²) in [5.41, 5.74) is 0.957. The summed E-state index contributed by atoms with van der Waals surface area (Å²) in [5, 5.41) is 10.6. The highest BCUT2D eigenvalue weighted by atomic mass is 16.3. The van der Waals surface area contributed by atoms with Gasteiger partial charge in [-0.05, 0) is 42.4 Å². The molecule has 2 heteroatoms. The van der Waals surface area contributed by atoms with Crippen LogP contribution in [0.4, 0.5) is 0 Å². The topological polar surface area (TPSA) is 33.1 Å². The number of aromatic nitrogens is 1.